The molecule has 1 unspecified atom stereocenters. The van der Waals surface area contributed by atoms with Gasteiger partial charge in [0.05, 0.1) is 19.8 Å². The number of methoxy groups -OCH3 is 1. The van der Waals surface area contributed by atoms with Gasteiger partial charge in [-0.05, 0) is 38.1 Å². The van der Waals surface area contributed by atoms with Crippen LogP contribution >= 0.6 is 11.6 Å². The van der Waals surface area contributed by atoms with Crippen LogP contribution in [0.1, 0.15) is 34.8 Å². The summed E-state index contributed by atoms with van der Waals surface area (Å²) in [7, 11) is 1.53. The minimum atomic E-state index is -1.30. The number of carbonyl (C=O) groups is 3. The van der Waals surface area contributed by atoms with Gasteiger partial charge in [0.2, 0.25) is 5.91 Å². The molecular weight excluding hydrogens is 412 g/mol. The highest BCUT2D eigenvalue weighted by atomic mass is 35.5. The van der Waals surface area contributed by atoms with E-state index in [9.17, 15) is 14.4 Å². The van der Waals surface area contributed by atoms with Gasteiger partial charge >= 0.3 is 5.97 Å². The standard InChI is InChI=1S/C20H23ClN4O5/c1-4-30-18(27)15-11-16-17(26)25(14-7-5-13(21)6-8-14)20(2,12-24(16)23-15)19(28)22-9-10-29-3/h5-8,11H,4,9-10,12H2,1-3H3,(H,22,28). The van der Waals surface area contributed by atoms with Crippen molar-refractivity contribution in [3.05, 3.63) is 46.7 Å². The van der Waals surface area contributed by atoms with Crippen LogP contribution in [0.2, 0.25) is 5.02 Å². The molecule has 0 aliphatic carbocycles. The van der Waals surface area contributed by atoms with E-state index >= 15 is 0 Å². The van der Waals surface area contributed by atoms with Crippen molar-refractivity contribution in [2.24, 2.45) is 0 Å². The molecule has 30 heavy (non-hydrogen) atoms. The number of amides is 2. The Bertz CT molecular complexity index is 959. The fourth-order valence-corrected chi connectivity index (χ4v) is 3.46. The lowest BCUT2D eigenvalue weighted by molar-refractivity contribution is -0.126. The number of aromatic nitrogens is 2. The summed E-state index contributed by atoms with van der Waals surface area (Å²) in [5.41, 5.74) is -0.599. The second kappa shape index (κ2) is 8.85. The van der Waals surface area contributed by atoms with Gasteiger partial charge in [0.25, 0.3) is 5.91 Å². The van der Waals surface area contributed by atoms with Crippen molar-refractivity contribution in [3.63, 3.8) is 0 Å². The van der Waals surface area contributed by atoms with E-state index in [-0.39, 0.29) is 37.0 Å². The van der Waals surface area contributed by atoms with Gasteiger partial charge in [-0.3, -0.25) is 19.2 Å². The van der Waals surface area contributed by atoms with Crippen LogP contribution in [0.4, 0.5) is 5.69 Å². The van der Waals surface area contributed by atoms with Gasteiger partial charge in [0, 0.05) is 30.4 Å². The lowest BCUT2D eigenvalue weighted by atomic mass is 9.94. The maximum Gasteiger partial charge on any atom is 0.358 e. The normalized spacial score (nSPS) is 18.1. The number of ether oxygens (including phenoxy) is 2. The summed E-state index contributed by atoms with van der Waals surface area (Å²) >= 11 is 5.99. The molecule has 0 radical (unpaired) electrons. The number of hydrogen-bond acceptors (Lipinski definition) is 6. The van der Waals surface area contributed by atoms with Crippen molar-refractivity contribution in [2.75, 3.05) is 31.8 Å². The van der Waals surface area contributed by atoms with Gasteiger partial charge < -0.3 is 14.8 Å². The molecule has 1 aliphatic heterocycles. The highest BCUT2D eigenvalue weighted by Gasteiger charge is 2.49. The Morgan fingerprint density at radius 2 is 2.00 bits per heavy atom. The van der Waals surface area contributed by atoms with Crippen LogP contribution in [0.15, 0.2) is 30.3 Å². The number of benzene rings is 1. The highest BCUT2D eigenvalue weighted by molar-refractivity contribution is 6.30. The van der Waals surface area contributed by atoms with Crippen molar-refractivity contribution in [1.82, 2.24) is 15.1 Å². The number of nitrogens with zero attached hydrogens (tertiary/aromatic N) is 3. The maximum absolute atomic E-state index is 13.4. The van der Waals surface area contributed by atoms with Gasteiger partial charge in [-0.1, -0.05) is 11.6 Å². The van der Waals surface area contributed by atoms with Crippen molar-refractivity contribution >= 4 is 35.1 Å². The number of carbonyl (C=O) groups excluding carboxylic acids is 3. The fourth-order valence-electron chi connectivity index (χ4n) is 3.34. The Labute approximate surface area is 178 Å². The third kappa shape index (κ3) is 4.03. The van der Waals surface area contributed by atoms with E-state index in [1.807, 2.05) is 0 Å². The third-order valence-corrected chi connectivity index (χ3v) is 5.06. The summed E-state index contributed by atoms with van der Waals surface area (Å²) < 4.78 is 11.3. The van der Waals surface area contributed by atoms with Crippen LogP contribution in [0.5, 0.6) is 0 Å². The lowest BCUT2D eigenvalue weighted by Crippen LogP contribution is -2.64. The number of anilines is 1. The second-order valence-electron chi connectivity index (χ2n) is 6.93. The second-order valence-corrected chi connectivity index (χ2v) is 7.37. The molecule has 1 atom stereocenters. The van der Waals surface area contributed by atoms with Gasteiger partial charge in [-0.25, -0.2) is 4.79 Å². The van der Waals surface area contributed by atoms with Crippen LogP contribution in [-0.2, 0) is 20.8 Å². The first kappa shape index (κ1) is 21.8. The Balaban J connectivity index is 2.05. The summed E-state index contributed by atoms with van der Waals surface area (Å²) in [6.07, 6.45) is 0. The van der Waals surface area contributed by atoms with E-state index in [0.29, 0.717) is 17.3 Å². The molecule has 160 valence electrons. The molecule has 1 aromatic heterocycles. The van der Waals surface area contributed by atoms with Crippen molar-refractivity contribution < 1.29 is 23.9 Å². The Morgan fingerprint density at radius 1 is 1.30 bits per heavy atom. The molecular formula is C20H23ClN4O5. The molecule has 2 aromatic rings. The number of rotatable bonds is 7. The van der Waals surface area contributed by atoms with Gasteiger partial charge in [-0.2, -0.15) is 5.10 Å². The first-order valence-corrected chi connectivity index (χ1v) is 9.82. The number of halogens is 1. The van der Waals surface area contributed by atoms with Crippen molar-refractivity contribution in [1.29, 1.82) is 0 Å². The zero-order chi connectivity index (χ0) is 21.9. The molecule has 1 aromatic carbocycles. The smallest absolute Gasteiger partial charge is 0.358 e. The van der Waals surface area contributed by atoms with Crippen molar-refractivity contribution in [2.45, 2.75) is 25.9 Å². The Hall–Kier alpha value is -2.91. The van der Waals surface area contributed by atoms with Crippen LogP contribution in [-0.4, -0.2) is 60.0 Å². The molecule has 1 N–H and O–H groups in total. The topological polar surface area (TPSA) is 103 Å². The third-order valence-electron chi connectivity index (χ3n) is 4.80. The monoisotopic (exact) mass is 434 g/mol. The summed E-state index contributed by atoms with van der Waals surface area (Å²) in [6, 6.07) is 8.00. The average molecular weight is 435 g/mol. The molecule has 0 saturated heterocycles. The SMILES string of the molecule is CCOC(=O)c1cc2n(n1)CC(C)(C(=O)NCCOC)N(c1ccc(Cl)cc1)C2=O. The largest absolute Gasteiger partial charge is 0.461 e. The highest BCUT2D eigenvalue weighted by Crippen LogP contribution is 2.33. The van der Waals surface area contributed by atoms with E-state index in [1.165, 1.54) is 22.8 Å². The first-order chi connectivity index (χ1) is 14.3. The number of nitrogens with one attached hydrogen (secondary N) is 1. The van der Waals surface area contributed by atoms with Crippen molar-refractivity contribution in [3.8, 4) is 0 Å². The zero-order valence-corrected chi connectivity index (χ0v) is 17.7. The minimum absolute atomic E-state index is 0.0142. The van der Waals surface area contributed by atoms with E-state index in [4.69, 9.17) is 21.1 Å². The van der Waals surface area contributed by atoms with Crippen LogP contribution in [0.25, 0.3) is 0 Å². The Morgan fingerprint density at radius 3 is 2.63 bits per heavy atom. The van der Waals surface area contributed by atoms with Gasteiger partial charge in [-0.15, -0.1) is 0 Å². The average Bonchev–Trinajstić information content (AvgIpc) is 3.14. The van der Waals surface area contributed by atoms with E-state index in [2.05, 4.69) is 10.4 Å². The lowest BCUT2D eigenvalue weighted by Gasteiger charge is -2.43. The summed E-state index contributed by atoms with van der Waals surface area (Å²) in [6.45, 7) is 4.18. The fraction of sp³-hybridized carbons (Fsp3) is 0.400. The van der Waals surface area contributed by atoms with Crippen LogP contribution < -0.4 is 10.2 Å². The molecule has 3 rings (SSSR count). The Kier molecular flexibility index (Phi) is 6.42. The maximum atomic E-state index is 13.4. The number of esters is 1. The van der Waals surface area contributed by atoms with Crippen LogP contribution in [0.3, 0.4) is 0 Å². The number of fused-ring (bicyclic) bond motifs is 1. The van der Waals surface area contributed by atoms with Crippen LogP contribution in [0, 0.1) is 0 Å². The first-order valence-electron chi connectivity index (χ1n) is 9.44. The number of hydrogen-bond donors (Lipinski definition) is 1. The molecule has 2 amide bonds. The predicted octanol–water partition coefficient (Wildman–Crippen LogP) is 1.89. The van der Waals surface area contributed by atoms with Gasteiger partial charge in [0.1, 0.15) is 11.2 Å². The minimum Gasteiger partial charge on any atom is -0.461 e. The molecule has 2 heterocycles. The summed E-state index contributed by atoms with van der Waals surface area (Å²) in [4.78, 5) is 40.0. The zero-order valence-electron chi connectivity index (χ0n) is 17.0. The summed E-state index contributed by atoms with van der Waals surface area (Å²) in [5, 5.41) is 7.50. The molecule has 0 spiro atoms. The molecule has 0 bridgehead atoms. The van der Waals surface area contributed by atoms with E-state index in [0.717, 1.165) is 0 Å². The quantitative estimate of drug-likeness (QED) is 0.527. The molecule has 10 heteroatoms. The van der Waals surface area contributed by atoms with Gasteiger partial charge in [0.15, 0.2) is 5.69 Å². The molecule has 0 fully saturated rings. The van der Waals surface area contributed by atoms with E-state index in [1.54, 1.807) is 38.1 Å². The van der Waals surface area contributed by atoms with E-state index < -0.39 is 17.4 Å². The molecule has 1 aliphatic rings. The molecule has 9 nitrogen and oxygen atoms in total. The predicted molar refractivity (Wildman–Crippen MR) is 110 cm³/mol. The summed E-state index contributed by atoms with van der Waals surface area (Å²) in [5.74, 6) is -1.46. The molecule has 0 saturated carbocycles.